The largest absolute Gasteiger partial charge is 0.324 e. The molecule has 0 aliphatic carbocycles. The Morgan fingerprint density at radius 1 is 1.46 bits per heavy atom. The molecule has 0 aromatic carbocycles. The van der Waals surface area contributed by atoms with Crippen LogP contribution in [0.4, 0.5) is 0 Å². The van der Waals surface area contributed by atoms with Crippen LogP contribution in [0.15, 0.2) is 0 Å². The molecule has 13 heavy (non-hydrogen) atoms. The van der Waals surface area contributed by atoms with Crippen molar-refractivity contribution in [2.75, 3.05) is 11.5 Å². The molecular formula is C8H13N3S2. The van der Waals surface area contributed by atoms with Crippen molar-refractivity contribution in [2.45, 2.75) is 25.3 Å². The lowest BCUT2D eigenvalue weighted by atomic mass is 10.1. The summed E-state index contributed by atoms with van der Waals surface area (Å²) in [6.07, 6.45) is 2.58. The molecule has 2 N–H and O–H groups in total. The SMILES string of the molecule is NCc1nnc(C2CCCSC2)s1. The van der Waals surface area contributed by atoms with Gasteiger partial charge in [0.2, 0.25) is 0 Å². The molecule has 1 aromatic heterocycles. The second-order valence-corrected chi connectivity index (χ2v) is 5.40. The Bertz CT molecular complexity index is 268. The van der Waals surface area contributed by atoms with Crippen molar-refractivity contribution >= 4 is 23.1 Å². The van der Waals surface area contributed by atoms with E-state index in [1.165, 1.54) is 29.4 Å². The Morgan fingerprint density at radius 3 is 3.00 bits per heavy atom. The Kier molecular flexibility index (Phi) is 3.18. The number of hydrogen-bond donors (Lipinski definition) is 1. The van der Waals surface area contributed by atoms with Gasteiger partial charge in [-0.05, 0) is 18.6 Å². The van der Waals surface area contributed by atoms with Crippen molar-refractivity contribution in [1.29, 1.82) is 0 Å². The summed E-state index contributed by atoms with van der Waals surface area (Å²) >= 11 is 3.70. The summed E-state index contributed by atoms with van der Waals surface area (Å²) in [6.45, 7) is 0.525. The van der Waals surface area contributed by atoms with Gasteiger partial charge in [0.1, 0.15) is 10.0 Å². The topological polar surface area (TPSA) is 51.8 Å². The summed E-state index contributed by atoms with van der Waals surface area (Å²) in [4.78, 5) is 0. The van der Waals surface area contributed by atoms with E-state index in [-0.39, 0.29) is 0 Å². The van der Waals surface area contributed by atoms with Crippen LogP contribution in [-0.2, 0) is 6.54 Å². The first-order valence-corrected chi connectivity index (χ1v) is 6.47. The smallest absolute Gasteiger partial charge is 0.131 e. The van der Waals surface area contributed by atoms with E-state index in [9.17, 15) is 0 Å². The van der Waals surface area contributed by atoms with E-state index in [4.69, 9.17) is 5.73 Å². The van der Waals surface area contributed by atoms with Crippen molar-refractivity contribution in [3.8, 4) is 0 Å². The van der Waals surface area contributed by atoms with Crippen LogP contribution < -0.4 is 5.73 Å². The van der Waals surface area contributed by atoms with E-state index < -0.39 is 0 Å². The molecule has 2 rings (SSSR count). The molecule has 0 spiro atoms. The predicted octanol–water partition coefficient (Wildman–Crippen LogP) is 1.61. The van der Waals surface area contributed by atoms with E-state index >= 15 is 0 Å². The minimum atomic E-state index is 0.525. The summed E-state index contributed by atoms with van der Waals surface area (Å²) in [5, 5.41) is 10.4. The van der Waals surface area contributed by atoms with Crippen LogP contribution in [-0.4, -0.2) is 21.7 Å². The summed E-state index contributed by atoms with van der Waals surface area (Å²) in [5.41, 5.74) is 5.50. The van der Waals surface area contributed by atoms with Crippen LogP contribution in [0.1, 0.15) is 28.8 Å². The van der Waals surface area contributed by atoms with Crippen molar-refractivity contribution in [3.05, 3.63) is 10.0 Å². The molecule has 72 valence electrons. The van der Waals surface area contributed by atoms with E-state index in [0.717, 1.165) is 5.01 Å². The molecule has 1 fully saturated rings. The number of nitrogens with two attached hydrogens (primary N) is 1. The highest BCUT2D eigenvalue weighted by atomic mass is 32.2. The zero-order chi connectivity index (χ0) is 9.10. The second-order valence-electron chi connectivity index (χ2n) is 3.15. The van der Waals surface area contributed by atoms with Crippen LogP contribution in [0.2, 0.25) is 0 Å². The highest BCUT2D eigenvalue weighted by Gasteiger charge is 2.19. The summed E-state index contributed by atoms with van der Waals surface area (Å²) < 4.78 is 0. The van der Waals surface area contributed by atoms with Gasteiger partial charge in [-0.2, -0.15) is 11.8 Å². The fraction of sp³-hybridized carbons (Fsp3) is 0.750. The number of hydrogen-bond acceptors (Lipinski definition) is 5. The lowest BCUT2D eigenvalue weighted by Crippen LogP contribution is -2.08. The molecule has 0 radical (unpaired) electrons. The third-order valence-corrected chi connectivity index (χ3v) is 4.49. The van der Waals surface area contributed by atoms with Gasteiger partial charge in [-0.25, -0.2) is 0 Å². The molecule has 2 heterocycles. The van der Waals surface area contributed by atoms with Crippen LogP contribution in [0.5, 0.6) is 0 Å². The molecule has 0 bridgehead atoms. The summed E-state index contributed by atoms with van der Waals surface area (Å²) in [6, 6.07) is 0. The highest BCUT2D eigenvalue weighted by molar-refractivity contribution is 7.99. The Morgan fingerprint density at radius 2 is 2.38 bits per heavy atom. The van der Waals surface area contributed by atoms with Crippen LogP contribution in [0, 0.1) is 0 Å². The van der Waals surface area contributed by atoms with Gasteiger partial charge >= 0.3 is 0 Å². The minimum Gasteiger partial charge on any atom is -0.324 e. The fourth-order valence-corrected chi connectivity index (χ4v) is 3.56. The second kappa shape index (κ2) is 4.39. The van der Waals surface area contributed by atoms with Crippen molar-refractivity contribution < 1.29 is 0 Å². The van der Waals surface area contributed by atoms with E-state index in [0.29, 0.717) is 12.5 Å². The molecule has 0 saturated carbocycles. The number of nitrogens with zero attached hydrogens (tertiary/aromatic N) is 2. The number of rotatable bonds is 2. The predicted molar refractivity (Wildman–Crippen MR) is 57.1 cm³/mol. The van der Waals surface area contributed by atoms with Gasteiger partial charge in [0, 0.05) is 18.2 Å². The first-order valence-electron chi connectivity index (χ1n) is 4.50. The molecule has 1 aromatic rings. The van der Waals surface area contributed by atoms with Crippen molar-refractivity contribution in [3.63, 3.8) is 0 Å². The molecule has 1 unspecified atom stereocenters. The average Bonchev–Trinajstić information content (AvgIpc) is 2.67. The van der Waals surface area contributed by atoms with E-state index in [1.54, 1.807) is 11.3 Å². The van der Waals surface area contributed by atoms with Gasteiger partial charge < -0.3 is 5.73 Å². The maximum atomic E-state index is 5.50. The lowest BCUT2D eigenvalue weighted by Gasteiger charge is -2.17. The summed E-state index contributed by atoms with van der Waals surface area (Å²) in [7, 11) is 0. The van der Waals surface area contributed by atoms with Crippen LogP contribution in [0.3, 0.4) is 0 Å². The highest BCUT2D eigenvalue weighted by Crippen LogP contribution is 2.32. The van der Waals surface area contributed by atoms with Gasteiger partial charge in [0.15, 0.2) is 0 Å². The normalized spacial score (nSPS) is 23.3. The first kappa shape index (κ1) is 9.43. The van der Waals surface area contributed by atoms with E-state index in [1.807, 2.05) is 11.8 Å². The minimum absolute atomic E-state index is 0.525. The van der Waals surface area contributed by atoms with Crippen LogP contribution in [0.25, 0.3) is 0 Å². The average molecular weight is 215 g/mol. The van der Waals surface area contributed by atoms with E-state index in [2.05, 4.69) is 10.2 Å². The first-order chi connectivity index (χ1) is 6.40. The third kappa shape index (κ3) is 2.21. The standard InChI is InChI=1S/C8H13N3S2/c9-4-7-10-11-8(13-7)6-2-1-3-12-5-6/h6H,1-5,9H2. The van der Waals surface area contributed by atoms with Crippen molar-refractivity contribution in [1.82, 2.24) is 10.2 Å². The molecule has 1 saturated heterocycles. The Labute approximate surface area is 86.1 Å². The van der Waals surface area contributed by atoms with Crippen molar-refractivity contribution in [2.24, 2.45) is 5.73 Å². The maximum Gasteiger partial charge on any atom is 0.131 e. The zero-order valence-electron chi connectivity index (χ0n) is 7.40. The Balaban J connectivity index is 2.05. The van der Waals surface area contributed by atoms with Gasteiger partial charge in [-0.1, -0.05) is 11.3 Å². The van der Waals surface area contributed by atoms with Gasteiger partial charge in [0.25, 0.3) is 0 Å². The fourth-order valence-electron chi connectivity index (χ4n) is 1.45. The van der Waals surface area contributed by atoms with Gasteiger partial charge in [-0.15, -0.1) is 10.2 Å². The monoisotopic (exact) mass is 215 g/mol. The molecule has 3 nitrogen and oxygen atoms in total. The van der Waals surface area contributed by atoms with Gasteiger partial charge in [-0.3, -0.25) is 0 Å². The zero-order valence-corrected chi connectivity index (χ0v) is 9.03. The molecule has 5 heteroatoms. The lowest BCUT2D eigenvalue weighted by molar-refractivity contribution is 0.648. The third-order valence-electron chi connectivity index (χ3n) is 2.17. The van der Waals surface area contributed by atoms with Crippen LogP contribution >= 0.6 is 23.1 Å². The molecule has 1 aliphatic heterocycles. The summed E-state index contributed by atoms with van der Waals surface area (Å²) in [5.74, 6) is 3.15. The molecule has 1 atom stereocenters. The number of aromatic nitrogens is 2. The maximum absolute atomic E-state index is 5.50. The molecule has 1 aliphatic rings. The molecule has 0 amide bonds. The number of thioether (sulfide) groups is 1. The Hall–Kier alpha value is -0.130. The quantitative estimate of drug-likeness (QED) is 0.814. The molecular weight excluding hydrogens is 202 g/mol. The van der Waals surface area contributed by atoms with Gasteiger partial charge in [0.05, 0.1) is 0 Å².